The summed E-state index contributed by atoms with van der Waals surface area (Å²) in [5.41, 5.74) is 2.22. The first-order valence-electron chi connectivity index (χ1n) is 6.32. The van der Waals surface area contributed by atoms with Gasteiger partial charge in [0.1, 0.15) is 16.9 Å². The summed E-state index contributed by atoms with van der Waals surface area (Å²) in [5.74, 6) is 0.781. The molecule has 3 nitrogen and oxygen atoms in total. The topological polar surface area (TPSA) is 43.4 Å². The lowest BCUT2D eigenvalue weighted by Gasteiger charge is -1.95. The van der Waals surface area contributed by atoms with E-state index in [2.05, 4.69) is 0 Å². The Labute approximate surface area is 114 Å². The SMILES string of the molecule is O=c1ccoc2cc3oc(-c4ccccc4)cc3cc12. The summed E-state index contributed by atoms with van der Waals surface area (Å²) >= 11 is 0. The van der Waals surface area contributed by atoms with Crippen LogP contribution in [0.15, 0.2) is 74.5 Å². The third-order valence-corrected chi connectivity index (χ3v) is 3.36. The lowest BCUT2D eigenvalue weighted by atomic mass is 10.1. The molecule has 0 atom stereocenters. The molecule has 0 bridgehead atoms. The van der Waals surface area contributed by atoms with Crippen LogP contribution in [0.5, 0.6) is 0 Å². The number of hydrogen-bond acceptors (Lipinski definition) is 3. The van der Waals surface area contributed by atoms with Gasteiger partial charge in [0.25, 0.3) is 0 Å². The van der Waals surface area contributed by atoms with Gasteiger partial charge in [-0.15, -0.1) is 0 Å². The van der Waals surface area contributed by atoms with Gasteiger partial charge >= 0.3 is 0 Å². The van der Waals surface area contributed by atoms with Crippen molar-refractivity contribution in [2.24, 2.45) is 0 Å². The van der Waals surface area contributed by atoms with Gasteiger partial charge in [-0.3, -0.25) is 4.79 Å². The maximum Gasteiger partial charge on any atom is 0.192 e. The Bertz CT molecular complexity index is 962. The molecule has 2 aromatic carbocycles. The number of benzene rings is 2. The van der Waals surface area contributed by atoms with Gasteiger partial charge in [-0.25, -0.2) is 0 Å². The molecule has 20 heavy (non-hydrogen) atoms. The summed E-state index contributed by atoms with van der Waals surface area (Å²) < 4.78 is 11.2. The molecule has 4 aromatic rings. The van der Waals surface area contributed by atoms with E-state index in [9.17, 15) is 4.79 Å². The molecule has 0 amide bonds. The monoisotopic (exact) mass is 262 g/mol. The minimum absolute atomic E-state index is 0.0457. The van der Waals surface area contributed by atoms with Gasteiger partial charge in [-0.1, -0.05) is 30.3 Å². The molecule has 0 saturated heterocycles. The summed E-state index contributed by atoms with van der Waals surface area (Å²) in [6.07, 6.45) is 1.40. The molecule has 0 aliphatic carbocycles. The van der Waals surface area contributed by atoms with Crippen LogP contribution in [0.1, 0.15) is 0 Å². The van der Waals surface area contributed by atoms with Crippen LogP contribution in [-0.4, -0.2) is 0 Å². The second kappa shape index (κ2) is 4.10. The maximum absolute atomic E-state index is 11.8. The number of rotatable bonds is 1. The van der Waals surface area contributed by atoms with Crippen LogP contribution in [-0.2, 0) is 0 Å². The molecule has 0 aliphatic heterocycles. The van der Waals surface area contributed by atoms with Crippen molar-refractivity contribution < 1.29 is 8.83 Å². The smallest absolute Gasteiger partial charge is 0.192 e. The molecule has 0 N–H and O–H groups in total. The van der Waals surface area contributed by atoms with Crippen molar-refractivity contribution in [1.82, 2.24) is 0 Å². The zero-order valence-corrected chi connectivity index (χ0v) is 10.5. The molecule has 0 fully saturated rings. The molecule has 0 unspecified atom stereocenters. The maximum atomic E-state index is 11.8. The average molecular weight is 262 g/mol. The minimum atomic E-state index is -0.0457. The van der Waals surface area contributed by atoms with Crippen molar-refractivity contribution in [2.45, 2.75) is 0 Å². The van der Waals surface area contributed by atoms with E-state index in [1.165, 1.54) is 12.3 Å². The Balaban J connectivity index is 2.02. The van der Waals surface area contributed by atoms with Crippen molar-refractivity contribution in [1.29, 1.82) is 0 Å². The lowest BCUT2D eigenvalue weighted by Crippen LogP contribution is -1.96. The number of fused-ring (bicyclic) bond motifs is 2. The molecule has 4 rings (SSSR count). The third kappa shape index (κ3) is 1.64. The fourth-order valence-corrected chi connectivity index (χ4v) is 2.36. The normalized spacial score (nSPS) is 11.2. The lowest BCUT2D eigenvalue weighted by molar-refractivity contribution is 0.598. The van der Waals surface area contributed by atoms with E-state index in [1.54, 1.807) is 6.07 Å². The summed E-state index contributed by atoms with van der Waals surface area (Å²) in [4.78, 5) is 11.8. The highest BCUT2D eigenvalue weighted by Crippen LogP contribution is 2.29. The number of hydrogen-bond donors (Lipinski definition) is 0. The van der Waals surface area contributed by atoms with Gasteiger partial charge in [0.05, 0.1) is 11.6 Å². The minimum Gasteiger partial charge on any atom is -0.464 e. The Morgan fingerprint density at radius 1 is 0.850 bits per heavy atom. The second-order valence-electron chi connectivity index (χ2n) is 4.65. The standard InChI is InChI=1S/C17H10O3/c18-14-6-7-19-17-10-16-12(8-13(14)17)9-15(20-16)11-4-2-1-3-5-11/h1-10H. The molecule has 2 heterocycles. The molecule has 0 radical (unpaired) electrons. The zero-order chi connectivity index (χ0) is 13.5. The van der Waals surface area contributed by atoms with Gasteiger partial charge in [0.2, 0.25) is 0 Å². The molecule has 2 aromatic heterocycles. The van der Waals surface area contributed by atoms with Gasteiger partial charge in [-0.05, 0) is 12.1 Å². The van der Waals surface area contributed by atoms with E-state index < -0.39 is 0 Å². The first-order chi connectivity index (χ1) is 9.81. The average Bonchev–Trinajstić information content (AvgIpc) is 2.90. The van der Waals surface area contributed by atoms with Gasteiger partial charge in [0, 0.05) is 23.1 Å². The van der Waals surface area contributed by atoms with Crippen LogP contribution in [0.25, 0.3) is 33.3 Å². The summed E-state index contributed by atoms with van der Waals surface area (Å²) in [7, 11) is 0. The van der Waals surface area contributed by atoms with E-state index in [-0.39, 0.29) is 5.43 Å². The quantitative estimate of drug-likeness (QED) is 0.516. The molecule has 96 valence electrons. The van der Waals surface area contributed by atoms with Crippen molar-refractivity contribution in [3.63, 3.8) is 0 Å². The van der Waals surface area contributed by atoms with E-state index in [4.69, 9.17) is 8.83 Å². The summed E-state index contributed by atoms with van der Waals surface area (Å²) in [6.45, 7) is 0. The fourth-order valence-electron chi connectivity index (χ4n) is 2.36. The Hall–Kier alpha value is -2.81. The first kappa shape index (κ1) is 11.1. The predicted molar refractivity (Wildman–Crippen MR) is 77.7 cm³/mol. The van der Waals surface area contributed by atoms with E-state index >= 15 is 0 Å². The van der Waals surface area contributed by atoms with Crippen LogP contribution in [0.2, 0.25) is 0 Å². The first-order valence-corrected chi connectivity index (χ1v) is 6.32. The molecular weight excluding hydrogens is 252 g/mol. The number of furan rings is 1. The molecule has 3 heteroatoms. The van der Waals surface area contributed by atoms with Gasteiger partial charge < -0.3 is 8.83 Å². The van der Waals surface area contributed by atoms with E-state index in [0.717, 1.165) is 16.7 Å². The van der Waals surface area contributed by atoms with Crippen molar-refractivity contribution in [2.75, 3.05) is 0 Å². The van der Waals surface area contributed by atoms with Crippen LogP contribution in [0, 0.1) is 0 Å². The third-order valence-electron chi connectivity index (χ3n) is 3.36. The molecular formula is C17H10O3. The van der Waals surface area contributed by atoms with Gasteiger partial charge in [0.15, 0.2) is 5.43 Å². The predicted octanol–water partition coefficient (Wildman–Crippen LogP) is 4.21. The van der Waals surface area contributed by atoms with Crippen LogP contribution >= 0.6 is 0 Å². The highest BCUT2D eigenvalue weighted by Gasteiger charge is 2.09. The van der Waals surface area contributed by atoms with Crippen molar-refractivity contribution in [3.8, 4) is 11.3 Å². The zero-order valence-electron chi connectivity index (χ0n) is 10.5. The molecule has 0 spiro atoms. The highest BCUT2D eigenvalue weighted by atomic mass is 16.3. The van der Waals surface area contributed by atoms with Crippen molar-refractivity contribution >= 4 is 21.9 Å². The van der Waals surface area contributed by atoms with E-state index in [0.29, 0.717) is 16.6 Å². The van der Waals surface area contributed by atoms with Crippen LogP contribution in [0.3, 0.4) is 0 Å². The summed E-state index contributed by atoms with van der Waals surface area (Å²) in [5, 5.41) is 1.47. The highest BCUT2D eigenvalue weighted by molar-refractivity contribution is 5.94. The largest absolute Gasteiger partial charge is 0.464 e. The fraction of sp³-hybridized carbons (Fsp3) is 0. The molecule has 0 aliphatic rings. The molecule has 0 saturated carbocycles. The summed E-state index contributed by atoms with van der Waals surface area (Å²) in [6, 6.07) is 16.8. The van der Waals surface area contributed by atoms with Crippen LogP contribution < -0.4 is 5.43 Å². The van der Waals surface area contributed by atoms with Gasteiger partial charge in [-0.2, -0.15) is 0 Å². The second-order valence-corrected chi connectivity index (χ2v) is 4.65. The van der Waals surface area contributed by atoms with Crippen molar-refractivity contribution in [3.05, 3.63) is 71.1 Å². The van der Waals surface area contributed by atoms with Crippen LogP contribution in [0.4, 0.5) is 0 Å². The Morgan fingerprint density at radius 2 is 1.70 bits per heavy atom. The van der Waals surface area contributed by atoms with E-state index in [1.807, 2.05) is 42.5 Å². The Morgan fingerprint density at radius 3 is 2.55 bits per heavy atom. The Kier molecular flexibility index (Phi) is 2.27.